The molecule has 0 unspecified atom stereocenters. The summed E-state index contributed by atoms with van der Waals surface area (Å²) in [5, 5.41) is 6.36. The minimum absolute atomic E-state index is 0.0474. The number of hydrogen-bond acceptors (Lipinski definition) is 3. The highest BCUT2D eigenvalue weighted by atomic mass is 19.1. The number of nitrogens with one attached hydrogen (secondary N) is 2. The zero-order chi connectivity index (χ0) is 17.2. The molecule has 0 aliphatic carbocycles. The van der Waals surface area contributed by atoms with Gasteiger partial charge in [0.2, 0.25) is 0 Å². The molecule has 1 aliphatic heterocycles. The van der Waals surface area contributed by atoms with Crippen LogP contribution < -0.4 is 15.4 Å². The van der Waals surface area contributed by atoms with Crippen LogP contribution in [0.4, 0.5) is 8.78 Å². The fraction of sp³-hybridized carbons (Fsp3) is 0.588. The van der Waals surface area contributed by atoms with Crippen molar-refractivity contribution in [2.45, 2.75) is 19.3 Å². The number of hydrogen-bond donors (Lipinski definition) is 2. The SMILES string of the molecule is CN=C(NCCOc1ccc(F)cc1F)NCCN1CCCCC1. The third-order valence-electron chi connectivity index (χ3n) is 3.94. The van der Waals surface area contributed by atoms with E-state index in [1.165, 1.54) is 44.5 Å². The summed E-state index contributed by atoms with van der Waals surface area (Å²) in [6.07, 6.45) is 3.90. The molecule has 2 rings (SSSR count). The Morgan fingerprint density at radius 2 is 1.92 bits per heavy atom. The summed E-state index contributed by atoms with van der Waals surface area (Å²) in [4.78, 5) is 6.59. The molecule has 2 N–H and O–H groups in total. The molecule has 134 valence electrons. The Kier molecular flexibility index (Phi) is 7.74. The lowest BCUT2D eigenvalue weighted by Crippen LogP contribution is -2.43. The van der Waals surface area contributed by atoms with Gasteiger partial charge in [0.1, 0.15) is 12.4 Å². The van der Waals surface area contributed by atoms with E-state index in [4.69, 9.17) is 4.74 Å². The van der Waals surface area contributed by atoms with Gasteiger partial charge in [-0.25, -0.2) is 8.78 Å². The quantitative estimate of drug-likeness (QED) is 0.453. The normalized spacial score (nSPS) is 16.0. The van der Waals surface area contributed by atoms with Gasteiger partial charge in [0.15, 0.2) is 17.5 Å². The van der Waals surface area contributed by atoms with Crippen LogP contribution in [0.2, 0.25) is 0 Å². The number of benzene rings is 1. The van der Waals surface area contributed by atoms with Gasteiger partial charge < -0.3 is 20.3 Å². The van der Waals surface area contributed by atoms with Gasteiger partial charge >= 0.3 is 0 Å². The molecule has 1 aromatic rings. The van der Waals surface area contributed by atoms with Crippen molar-refractivity contribution < 1.29 is 13.5 Å². The molecule has 0 atom stereocenters. The summed E-state index contributed by atoms with van der Waals surface area (Å²) in [6, 6.07) is 3.27. The molecule has 24 heavy (non-hydrogen) atoms. The predicted octanol–water partition coefficient (Wildman–Crippen LogP) is 1.99. The molecule has 0 bridgehead atoms. The lowest BCUT2D eigenvalue weighted by atomic mass is 10.1. The Morgan fingerprint density at radius 3 is 2.62 bits per heavy atom. The summed E-state index contributed by atoms with van der Waals surface area (Å²) < 4.78 is 31.5. The second-order valence-corrected chi connectivity index (χ2v) is 5.75. The molecule has 0 radical (unpaired) electrons. The van der Waals surface area contributed by atoms with E-state index in [1.54, 1.807) is 7.05 Å². The number of nitrogens with zero attached hydrogens (tertiary/aromatic N) is 2. The van der Waals surface area contributed by atoms with Gasteiger partial charge in [-0.15, -0.1) is 0 Å². The van der Waals surface area contributed by atoms with Crippen LogP contribution in [0.3, 0.4) is 0 Å². The number of rotatable bonds is 7. The average Bonchev–Trinajstić information content (AvgIpc) is 2.59. The van der Waals surface area contributed by atoms with Gasteiger partial charge in [-0.05, 0) is 38.1 Å². The first-order valence-corrected chi connectivity index (χ1v) is 8.44. The van der Waals surface area contributed by atoms with E-state index >= 15 is 0 Å². The van der Waals surface area contributed by atoms with Crippen molar-refractivity contribution in [2.24, 2.45) is 4.99 Å². The molecule has 1 aromatic carbocycles. The third-order valence-corrected chi connectivity index (χ3v) is 3.94. The zero-order valence-corrected chi connectivity index (χ0v) is 14.2. The third kappa shape index (κ3) is 6.31. The largest absolute Gasteiger partial charge is 0.489 e. The molecule has 1 aliphatic rings. The first kappa shape index (κ1) is 18.4. The number of aliphatic imine (C=N–C) groups is 1. The van der Waals surface area contributed by atoms with E-state index in [1.807, 2.05) is 0 Å². The summed E-state index contributed by atoms with van der Waals surface area (Å²) in [7, 11) is 1.71. The molecular weight excluding hydrogens is 314 g/mol. The van der Waals surface area contributed by atoms with Crippen LogP contribution in [-0.2, 0) is 0 Å². The van der Waals surface area contributed by atoms with Gasteiger partial charge in [-0.3, -0.25) is 4.99 Å². The topological polar surface area (TPSA) is 48.9 Å². The van der Waals surface area contributed by atoms with Crippen LogP contribution in [0, 0.1) is 11.6 Å². The van der Waals surface area contributed by atoms with Crippen LogP contribution in [-0.4, -0.2) is 57.2 Å². The Labute approximate surface area is 142 Å². The van der Waals surface area contributed by atoms with Crippen molar-refractivity contribution in [3.63, 3.8) is 0 Å². The highest BCUT2D eigenvalue weighted by Crippen LogP contribution is 2.17. The van der Waals surface area contributed by atoms with Crippen LogP contribution in [0.1, 0.15) is 19.3 Å². The molecular formula is C17H26F2N4O. The maximum atomic E-state index is 13.4. The van der Waals surface area contributed by atoms with E-state index in [2.05, 4.69) is 20.5 Å². The Bertz CT molecular complexity index is 533. The highest BCUT2D eigenvalue weighted by Gasteiger charge is 2.09. The molecule has 0 aromatic heterocycles. The maximum absolute atomic E-state index is 13.4. The lowest BCUT2D eigenvalue weighted by Gasteiger charge is -2.26. The number of halogens is 2. The molecule has 0 amide bonds. The predicted molar refractivity (Wildman–Crippen MR) is 91.5 cm³/mol. The highest BCUT2D eigenvalue weighted by molar-refractivity contribution is 5.79. The zero-order valence-electron chi connectivity index (χ0n) is 14.2. The summed E-state index contributed by atoms with van der Waals surface area (Å²) in [5.74, 6) is -0.572. The molecule has 1 fully saturated rings. The number of piperidine rings is 1. The van der Waals surface area contributed by atoms with Crippen molar-refractivity contribution in [1.29, 1.82) is 0 Å². The van der Waals surface area contributed by atoms with Gasteiger partial charge in [-0.1, -0.05) is 6.42 Å². The van der Waals surface area contributed by atoms with Crippen molar-refractivity contribution in [3.05, 3.63) is 29.8 Å². The average molecular weight is 340 g/mol. The van der Waals surface area contributed by atoms with Crippen molar-refractivity contribution >= 4 is 5.96 Å². The van der Waals surface area contributed by atoms with Crippen molar-refractivity contribution in [3.8, 4) is 5.75 Å². The molecule has 1 heterocycles. The monoisotopic (exact) mass is 340 g/mol. The molecule has 0 spiro atoms. The Hall–Kier alpha value is -1.89. The summed E-state index contributed by atoms with van der Waals surface area (Å²) in [5.41, 5.74) is 0. The van der Waals surface area contributed by atoms with E-state index in [9.17, 15) is 8.78 Å². The van der Waals surface area contributed by atoms with Crippen molar-refractivity contribution in [1.82, 2.24) is 15.5 Å². The summed E-state index contributed by atoms with van der Waals surface area (Å²) >= 11 is 0. The lowest BCUT2D eigenvalue weighted by molar-refractivity contribution is 0.232. The van der Waals surface area contributed by atoms with E-state index in [-0.39, 0.29) is 12.4 Å². The van der Waals surface area contributed by atoms with Gasteiger partial charge in [0.05, 0.1) is 6.54 Å². The van der Waals surface area contributed by atoms with Crippen LogP contribution in [0.15, 0.2) is 23.2 Å². The maximum Gasteiger partial charge on any atom is 0.191 e. The molecule has 7 heteroatoms. The standard InChI is InChI=1S/C17H26F2N4O/c1-20-17(21-7-11-23-9-3-2-4-10-23)22-8-12-24-16-6-5-14(18)13-15(16)19/h5-6,13H,2-4,7-12H2,1H3,(H2,20,21,22). The van der Waals surface area contributed by atoms with E-state index in [0.29, 0.717) is 12.5 Å². The molecule has 5 nitrogen and oxygen atoms in total. The first-order chi connectivity index (χ1) is 11.7. The fourth-order valence-electron chi connectivity index (χ4n) is 2.66. The van der Waals surface area contributed by atoms with Gasteiger partial charge in [0.25, 0.3) is 0 Å². The second-order valence-electron chi connectivity index (χ2n) is 5.75. The van der Waals surface area contributed by atoms with Crippen LogP contribution in [0.25, 0.3) is 0 Å². The van der Waals surface area contributed by atoms with Gasteiger partial charge in [0, 0.05) is 26.2 Å². The van der Waals surface area contributed by atoms with Crippen molar-refractivity contribution in [2.75, 3.05) is 46.4 Å². The van der Waals surface area contributed by atoms with Crippen LogP contribution >= 0.6 is 0 Å². The first-order valence-electron chi connectivity index (χ1n) is 8.44. The fourth-order valence-corrected chi connectivity index (χ4v) is 2.66. The number of ether oxygens (including phenoxy) is 1. The molecule has 1 saturated heterocycles. The Balaban J connectivity index is 1.60. The van der Waals surface area contributed by atoms with Crippen LogP contribution in [0.5, 0.6) is 5.75 Å². The summed E-state index contributed by atoms with van der Waals surface area (Å²) in [6.45, 7) is 4.90. The number of guanidine groups is 1. The minimum Gasteiger partial charge on any atom is -0.489 e. The van der Waals surface area contributed by atoms with Gasteiger partial charge in [-0.2, -0.15) is 0 Å². The van der Waals surface area contributed by atoms with E-state index in [0.717, 1.165) is 19.2 Å². The minimum atomic E-state index is -0.695. The second kappa shape index (κ2) is 10.1. The smallest absolute Gasteiger partial charge is 0.191 e. The van der Waals surface area contributed by atoms with E-state index < -0.39 is 11.6 Å². The Morgan fingerprint density at radius 1 is 1.17 bits per heavy atom. The molecule has 0 saturated carbocycles. The number of likely N-dealkylation sites (tertiary alicyclic amines) is 1.